The molecule has 10 heteroatoms. The summed E-state index contributed by atoms with van der Waals surface area (Å²) in [6.45, 7) is 3.77. The van der Waals surface area contributed by atoms with E-state index in [1.807, 2.05) is 44.2 Å². The number of para-hydroxylation sites is 1. The third-order valence-corrected chi connectivity index (χ3v) is 6.88. The standard InChI is InChI=1S/C19H22N6O2S2/c1-3-13(15(20)26)28-18-12-10-22-25(11-8-6-5-7-9-11)17(12)23-19(24-18)29-14(4-2)16(21)27/h5-10,13-14H,3-4H2,1-2H3,(H2,20,26)(H2,21,27). The van der Waals surface area contributed by atoms with Crippen molar-refractivity contribution in [3.8, 4) is 5.69 Å². The summed E-state index contributed by atoms with van der Waals surface area (Å²) in [6.07, 6.45) is 2.80. The van der Waals surface area contributed by atoms with Gasteiger partial charge >= 0.3 is 0 Å². The predicted octanol–water partition coefficient (Wildman–Crippen LogP) is 2.53. The van der Waals surface area contributed by atoms with Gasteiger partial charge in [-0.25, -0.2) is 14.6 Å². The summed E-state index contributed by atoms with van der Waals surface area (Å²) in [6, 6.07) is 9.59. The number of thioether (sulfide) groups is 2. The molecule has 0 aliphatic heterocycles. The van der Waals surface area contributed by atoms with Gasteiger partial charge in [0.25, 0.3) is 0 Å². The molecular weight excluding hydrogens is 408 g/mol. The topological polar surface area (TPSA) is 130 Å². The molecule has 0 radical (unpaired) electrons. The van der Waals surface area contributed by atoms with Crippen molar-refractivity contribution in [1.29, 1.82) is 0 Å². The highest BCUT2D eigenvalue weighted by atomic mass is 32.2. The first kappa shape index (κ1) is 21.1. The van der Waals surface area contributed by atoms with Gasteiger partial charge in [-0.1, -0.05) is 55.6 Å². The Balaban J connectivity index is 2.13. The van der Waals surface area contributed by atoms with Gasteiger partial charge in [0.2, 0.25) is 11.8 Å². The highest BCUT2D eigenvalue weighted by Gasteiger charge is 2.23. The second-order valence-electron chi connectivity index (χ2n) is 6.27. The Kier molecular flexibility index (Phi) is 6.75. The van der Waals surface area contributed by atoms with Gasteiger partial charge in [0.05, 0.1) is 27.8 Å². The number of hydrogen-bond donors (Lipinski definition) is 2. The minimum atomic E-state index is -0.448. The Morgan fingerprint density at radius 2 is 1.62 bits per heavy atom. The maximum atomic E-state index is 11.8. The van der Waals surface area contributed by atoms with Crippen molar-refractivity contribution >= 4 is 46.4 Å². The number of nitrogens with two attached hydrogens (primary N) is 2. The molecule has 2 amide bonds. The highest BCUT2D eigenvalue weighted by Crippen LogP contribution is 2.33. The minimum absolute atomic E-state index is 0.405. The van der Waals surface area contributed by atoms with Gasteiger partial charge in [-0.05, 0) is 25.0 Å². The Bertz CT molecular complexity index is 1020. The molecule has 0 bridgehead atoms. The average molecular weight is 431 g/mol. The van der Waals surface area contributed by atoms with Crippen LogP contribution in [-0.2, 0) is 9.59 Å². The number of rotatable bonds is 9. The number of nitrogens with zero attached hydrogens (tertiary/aromatic N) is 4. The van der Waals surface area contributed by atoms with E-state index in [4.69, 9.17) is 11.5 Å². The van der Waals surface area contributed by atoms with Crippen LogP contribution in [0.15, 0.2) is 46.7 Å². The number of fused-ring (bicyclic) bond motifs is 1. The largest absolute Gasteiger partial charge is 0.369 e. The fraction of sp³-hybridized carbons (Fsp3) is 0.316. The van der Waals surface area contributed by atoms with Crippen LogP contribution in [0.3, 0.4) is 0 Å². The first-order valence-electron chi connectivity index (χ1n) is 9.17. The van der Waals surface area contributed by atoms with Crippen LogP contribution in [0.4, 0.5) is 0 Å². The normalized spacial score (nSPS) is 13.3. The van der Waals surface area contributed by atoms with Crippen LogP contribution >= 0.6 is 23.5 Å². The second-order valence-corrected chi connectivity index (χ2v) is 8.64. The molecule has 152 valence electrons. The Labute approximate surface area is 176 Å². The first-order chi connectivity index (χ1) is 13.9. The van der Waals surface area contributed by atoms with E-state index in [0.29, 0.717) is 28.7 Å². The second kappa shape index (κ2) is 9.27. The third-order valence-electron chi connectivity index (χ3n) is 4.25. The zero-order valence-corrected chi connectivity index (χ0v) is 17.7. The molecule has 0 aliphatic rings. The third kappa shape index (κ3) is 4.70. The molecule has 0 saturated heterocycles. The van der Waals surface area contributed by atoms with Crippen LogP contribution in [-0.4, -0.2) is 42.1 Å². The maximum Gasteiger partial charge on any atom is 0.231 e. The van der Waals surface area contributed by atoms with Crippen molar-refractivity contribution in [3.63, 3.8) is 0 Å². The number of hydrogen-bond acceptors (Lipinski definition) is 7. The average Bonchev–Trinajstić information content (AvgIpc) is 3.14. The summed E-state index contributed by atoms with van der Waals surface area (Å²) in [5, 5.41) is 5.31. The van der Waals surface area contributed by atoms with E-state index in [1.165, 1.54) is 23.5 Å². The number of benzene rings is 1. The number of carbonyl (C=O) groups excluding carboxylic acids is 2. The van der Waals surface area contributed by atoms with E-state index >= 15 is 0 Å². The summed E-state index contributed by atoms with van der Waals surface area (Å²) in [4.78, 5) is 32.7. The molecule has 3 aromatic rings. The van der Waals surface area contributed by atoms with Crippen molar-refractivity contribution in [2.75, 3.05) is 0 Å². The summed E-state index contributed by atoms with van der Waals surface area (Å²) in [5.74, 6) is -0.826. The van der Waals surface area contributed by atoms with Gasteiger partial charge < -0.3 is 11.5 Å². The lowest BCUT2D eigenvalue weighted by molar-refractivity contribution is -0.118. The molecule has 2 unspecified atom stereocenters. The lowest BCUT2D eigenvalue weighted by atomic mass is 10.3. The van der Waals surface area contributed by atoms with E-state index < -0.39 is 22.3 Å². The van der Waals surface area contributed by atoms with Crippen molar-refractivity contribution in [3.05, 3.63) is 36.5 Å². The van der Waals surface area contributed by atoms with Gasteiger partial charge in [0.1, 0.15) is 5.03 Å². The smallest absolute Gasteiger partial charge is 0.231 e. The zero-order valence-electron chi connectivity index (χ0n) is 16.1. The first-order valence-corrected chi connectivity index (χ1v) is 10.9. The highest BCUT2D eigenvalue weighted by molar-refractivity contribution is 8.01. The van der Waals surface area contributed by atoms with Crippen molar-refractivity contribution in [1.82, 2.24) is 19.7 Å². The summed E-state index contributed by atoms with van der Waals surface area (Å²) < 4.78 is 1.71. The Hall–Kier alpha value is -2.59. The van der Waals surface area contributed by atoms with Crippen LogP contribution < -0.4 is 11.5 Å². The molecule has 4 N–H and O–H groups in total. The van der Waals surface area contributed by atoms with Crippen LogP contribution in [0.5, 0.6) is 0 Å². The van der Waals surface area contributed by atoms with E-state index in [9.17, 15) is 9.59 Å². The molecule has 0 saturated carbocycles. The van der Waals surface area contributed by atoms with Gasteiger partial charge in [-0.3, -0.25) is 9.59 Å². The minimum Gasteiger partial charge on any atom is -0.369 e. The molecule has 0 spiro atoms. The summed E-state index contributed by atoms with van der Waals surface area (Å²) in [5.41, 5.74) is 12.5. The van der Waals surface area contributed by atoms with Crippen LogP contribution in [0.25, 0.3) is 16.7 Å². The molecular formula is C19H22N6O2S2. The predicted molar refractivity (Wildman–Crippen MR) is 115 cm³/mol. The van der Waals surface area contributed by atoms with Crippen LogP contribution in [0.1, 0.15) is 26.7 Å². The number of amides is 2. The van der Waals surface area contributed by atoms with E-state index in [1.54, 1.807) is 10.9 Å². The van der Waals surface area contributed by atoms with E-state index in [0.717, 1.165) is 11.1 Å². The molecule has 2 aromatic heterocycles. The molecule has 8 nitrogen and oxygen atoms in total. The van der Waals surface area contributed by atoms with Crippen LogP contribution in [0, 0.1) is 0 Å². The van der Waals surface area contributed by atoms with Gasteiger partial charge in [-0.2, -0.15) is 5.10 Å². The monoisotopic (exact) mass is 430 g/mol. The molecule has 2 atom stereocenters. The lowest BCUT2D eigenvalue weighted by Crippen LogP contribution is -2.25. The molecule has 3 rings (SSSR count). The zero-order chi connectivity index (χ0) is 21.0. The quantitative estimate of drug-likeness (QED) is 0.303. The SMILES string of the molecule is CCC(Sc1nc(SC(CC)C(N)=O)c2cnn(-c3ccccc3)c2n1)C(N)=O. The number of aromatic nitrogens is 4. The van der Waals surface area contributed by atoms with E-state index in [-0.39, 0.29) is 0 Å². The van der Waals surface area contributed by atoms with Crippen LogP contribution in [0.2, 0.25) is 0 Å². The maximum absolute atomic E-state index is 11.8. The lowest BCUT2D eigenvalue weighted by Gasteiger charge is -2.13. The van der Waals surface area contributed by atoms with Gasteiger partial charge in [0, 0.05) is 0 Å². The number of primary amides is 2. The molecule has 0 fully saturated rings. The summed E-state index contributed by atoms with van der Waals surface area (Å²) >= 11 is 2.49. The Morgan fingerprint density at radius 1 is 1.00 bits per heavy atom. The molecule has 0 aliphatic carbocycles. The molecule has 1 aromatic carbocycles. The Morgan fingerprint density at radius 3 is 2.21 bits per heavy atom. The van der Waals surface area contributed by atoms with Crippen molar-refractivity contribution < 1.29 is 9.59 Å². The van der Waals surface area contributed by atoms with Crippen molar-refractivity contribution in [2.24, 2.45) is 11.5 Å². The van der Waals surface area contributed by atoms with Gasteiger partial charge in [-0.15, -0.1) is 0 Å². The van der Waals surface area contributed by atoms with E-state index in [2.05, 4.69) is 15.1 Å². The van der Waals surface area contributed by atoms with Crippen molar-refractivity contribution in [2.45, 2.75) is 47.4 Å². The van der Waals surface area contributed by atoms with Gasteiger partial charge in [0.15, 0.2) is 10.8 Å². The molecule has 29 heavy (non-hydrogen) atoms. The number of carbonyl (C=O) groups is 2. The fourth-order valence-corrected chi connectivity index (χ4v) is 4.55. The fourth-order valence-electron chi connectivity index (χ4n) is 2.71. The summed E-state index contributed by atoms with van der Waals surface area (Å²) in [7, 11) is 0. The molecule has 2 heterocycles.